The predicted octanol–water partition coefficient (Wildman–Crippen LogP) is 3.16. The summed E-state index contributed by atoms with van der Waals surface area (Å²) in [6.07, 6.45) is 3.93. The van der Waals surface area contributed by atoms with E-state index in [1.54, 1.807) is 16.3 Å². The number of aromatic nitrogens is 7. The number of benzene rings is 2. The van der Waals surface area contributed by atoms with Crippen LogP contribution in [0.1, 0.15) is 16.4 Å². The van der Waals surface area contributed by atoms with Gasteiger partial charge in [-0.2, -0.15) is 9.61 Å². The maximum atomic E-state index is 5.38. The number of ether oxygens (including phenoxy) is 1. The molecule has 0 saturated carbocycles. The molecule has 0 aliphatic carbocycles. The second-order valence-electron chi connectivity index (χ2n) is 6.06. The van der Waals surface area contributed by atoms with Gasteiger partial charge in [-0.15, -0.1) is 15.3 Å². The van der Waals surface area contributed by atoms with Crippen LogP contribution in [0, 0.1) is 0 Å². The van der Waals surface area contributed by atoms with Crippen LogP contribution < -0.4 is 4.74 Å². The zero-order chi connectivity index (χ0) is 18.9. The van der Waals surface area contributed by atoms with E-state index in [0.29, 0.717) is 12.4 Å². The van der Waals surface area contributed by atoms with Crippen LogP contribution in [0.2, 0.25) is 0 Å². The molecule has 3 aromatic heterocycles. The average molecular weight is 389 g/mol. The summed E-state index contributed by atoms with van der Waals surface area (Å²) < 4.78 is 8.93. The molecular formula is C19H15N7OS. The van der Waals surface area contributed by atoms with Gasteiger partial charge >= 0.3 is 0 Å². The molecule has 0 fully saturated rings. The second-order valence-corrected chi connectivity index (χ2v) is 7.05. The van der Waals surface area contributed by atoms with Gasteiger partial charge in [-0.3, -0.25) is 0 Å². The van der Waals surface area contributed by atoms with Gasteiger partial charge in [0.15, 0.2) is 5.82 Å². The number of para-hydroxylation sites is 2. The highest BCUT2D eigenvalue weighted by atomic mass is 32.1. The van der Waals surface area contributed by atoms with Crippen molar-refractivity contribution in [2.45, 2.75) is 6.54 Å². The van der Waals surface area contributed by atoms with Gasteiger partial charge in [0, 0.05) is 5.56 Å². The van der Waals surface area contributed by atoms with E-state index in [2.05, 4.69) is 25.6 Å². The zero-order valence-corrected chi connectivity index (χ0v) is 15.7. The van der Waals surface area contributed by atoms with Crippen molar-refractivity contribution in [2.75, 3.05) is 7.11 Å². The summed E-state index contributed by atoms with van der Waals surface area (Å²) in [6, 6.07) is 15.7. The van der Waals surface area contributed by atoms with Crippen LogP contribution in [0.5, 0.6) is 5.75 Å². The van der Waals surface area contributed by atoms with E-state index in [1.165, 1.54) is 11.3 Å². The highest BCUT2D eigenvalue weighted by molar-refractivity contribution is 7.17. The number of hydrogen-bond acceptors (Lipinski definition) is 7. The standard InChI is InChI=1S/C19H15N7OS/c1-27-16-9-5-2-6-13(16)10-11-18-23-26-17(21-22-19(26)28-18)12-25-15-8-4-3-7-14(15)20-24-25/h2-11H,12H2,1H3/b11-10-. The Hall–Kier alpha value is -3.59. The lowest BCUT2D eigenvalue weighted by Gasteiger charge is -2.02. The zero-order valence-electron chi connectivity index (χ0n) is 14.9. The first kappa shape index (κ1) is 16.6. The Morgan fingerprint density at radius 3 is 2.79 bits per heavy atom. The predicted molar refractivity (Wildman–Crippen MR) is 107 cm³/mol. The van der Waals surface area contributed by atoms with Crippen molar-refractivity contribution in [3.8, 4) is 5.75 Å². The summed E-state index contributed by atoms with van der Waals surface area (Å²) in [5.41, 5.74) is 2.79. The first-order valence-electron chi connectivity index (χ1n) is 8.62. The van der Waals surface area contributed by atoms with Crippen LogP contribution in [0.4, 0.5) is 0 Å². The molecule has 0 aliphatic heterocycles. The van der Waals surface area contributed by atoms with Crippen molar-refractivity contribution in [2.24, 2.45) is 0 Å². The minimum Gasteiger partial charge on any atom is -0.496 e. The lowest BCUT2D eigenvalue weighted by Crippen LogP contribution is -2.06. The van der Waals surface area contributed by atoms with Crippen LogP contribution in [-0.4, -0.2) is 41.9 Å². The monoisotopic (exact) mass is 389 g/mol. The molecule has 5 aromatic rings. The van der Waals surface area contributed by atoms with Gasteiger partial charge in [0.05, 0.1) is 12.6 Å². The first-order valence-corrected chi connectivity index (χ1v) is 9.44. The molecule has 2 aromatic carbocycles. The number of methoxy groups -OCH3 is 1. The molecule has 0 radical (unpaired) electrons. The third-order valence-corrected chi connectivity index (χ3v) is 5.19. The molecule has 0 saturated heterocycles. The van der Waals surface area contributed by atoms with Gasteiger partial charge in [-0.1, -0.05) is 46.9 Å². The molecule has 0 N–H and O–H groups in total. The van der Waals surface area contributed by atoms with Crippen molar-refractivity contribution in [3.05, 3.63) is 64.9 Å². The van der Waals surface area contributed by atoms with Gasteiger partial charge in [-0.25, -0.2) is 4.68 Å². The number of hydrogen-bond donors (Lipinski definition) is 0. The number of fused-ring (bicyclic) bond motifs is 2. The molecule has 3 heterocycles. The normalized spacial score (nSPS) is 11.8. The van der Waals surface area contributed by atoms with E-state index < -0.39 is 0 Å². The fourth-order valence-corrected chi connectivity index (χ4v) is 3.73. The smallest absolute Gasteiger partial charge is 0.235 e. The molecular weight excluding hydrogens is 374 g/mol. The van der Waals surface area contributed by atoms with Crippen molar-refractivity contribution in [1.29, 1.82) is 0 Å². The topological polar surface area (TPSA) is 83.0 Å². The Kier molecular flexibility index (Phi) is 4.06. The van der Waals surface area contributed by atoms with Crippen molar-refractivity contribution < 1.29 is 4.74 Å². The Morgan fingerprint density at radius 2 is 1.86 bits per heavy atom. The third-order valence-electron chi connectivity index (χ3n) is 4.33. The minimum atomic E-state index is 0.446. The number of rotatable bonds is 5. The van der Waals surface area contributed by atoms with Crippen LogP contribution in [-0.2, 0) is 6.54 Å². The molecule has 0 bridgehead atoms. The van der Waals surface area contributed by atoms with E-state index >= 15 is 0 Å². The van der Waals surface area contributed by atoms with Gasteiger partial charge in [0.1, 0.15) is 22.8 Å². The summed E-state index contributed by atoms with van der Waals surface area (Å²) >= 11 is 1.47. The lowest BCUT2D eigenvalue weighted by atomic mass is 10.2. The second kappa shape index (κ2) is 6.86. The SMILES string of the molecule is COc1ccccc1/C=C\c1nn2c(Cn3nnc4ccccc43)nnc2s1. The molecule has 28 heavy (non-hydrogen) atoms. The Bertz CT molecular complexity index is 1300. The molecule has 0 unspecified atom stereocenters. The van der Waals surface area contributed by atoms with Gasteiger partial charge in [0.2, 0.25) is 4.96 Å². The average Bonchev–Trinajstić information content (AvgIpc) is 3.43. The highest BCUT2D eigenvalue weighted by Gasteiger charge is 2.13. The Labute approximate surface area is 163 Å². The molecule has 0 aliphatic rings. The summed E-state index contributed by atoms with van der Waals surface area (Å²) in [5.74, 6) is 1.53. The molecule has 8 nitrogen and oxygen atoms in total. The summed E-state index contributed by atoms with van der Waals surface area (Å²) in [4.78, 5) is 0.735. The van der Waals surface area contributed by atoms with E-state index in [-0.39, 0.29) is 0 Å². The summed E-state index contributed by atoms with van der Waals surface area (Å²) in [5, 5.41) is 22.3. The van der Waals surface area contributed by atoms with Gasteiger partial charge in [-0.05, 0) is 30.4 Å². The Balaban J connectivity index is 1.45. The van der Waals surface area contributed by atoms with Crippen molar-refractivity contribution >= 4 is 39.5 Å². The molecule has 0 spiro atoms. The highest BCUT2D eigenvalue weighted by Crippen LogP contribution is 2.22. The first-order chi connectivity index (χ1) is 13.8. The van der Waals surface area contributed by atoms with Crippen LogP contribution in [0.15, 0.2) is 48.5 Å². The van der Waals surface area contributed by atoms with E-state index in [9.17, 15) is 0 Å². The fourth-order valence-electron chi connectivity index (χ4n) is 2.97. The van der Waals surface area contributed by atoms with Gasteiger partial charge in [0.25, 0.3) is 0 Å². The van der Waals surface area contributed by atoms with E-state index in [0.717, 1.165) is 32.3 Å². The molecule has 0 atom stereocenters. The summed E-state index contributed by atoms with van der Waals surface area (Å²) in [6.45, 7) is 0.446. The van der Waals surface area contributed by atoms with Crippen LogP contribution in [0.3, 0.4) is 0 Å². The van der Waals surface area contributed by atoms with E-state index in [1.807, 2.05) is 60.7 Å². The molecule has 138 valence electrons. The maximum Gasteiger partial charge on any atom is 0.235 e. The quantitative estimate of drug-likeness (QED) is 0.459. The van der Waals surface area contributed by atoms with Gasteiger partial charge < -0.3 is 4.74 Å². The maximum absolute atomic E-state index is 5.38. The third kappa shape index (κ3) is 2.91. The van der Waals surface area contributed by atoms with Crippen molar-refractivity contribution in [1.82, 2.24) is 34.8 Å². The fraction of sp³-hybridized carbons (Fsp3) is 0.105. The molecule has 0 amide bonds. The summed E-state index contributed by atoms with van der Waals surface area (Å²) in [7, 11) is 1.66. The van der Waals surface area contributed by atoms with Crippen LogP contribution in [0.25, 0.3) is 28.1 Å². The molecule has 9 heteroatoms. The minimum absolute atomic E-state index is 0.446. The number of nitrogens with zero attached hydrogens (tertiary/aromatic N) is 7. The lowest BCUT2D eigenvalue weighted by molar-refractivity contribution is 0.414. The largest absolute Gasteiger partial charge is 0.496 e. The van der Waals surface area contributed by atoms with Crippen LogP contribution >= 0.6 is 11.3 Å². The van der Waals surface area contributed by atoms with E-state index in [4.69, 9.17) is 4.74 Å². The Morgan fingerprint density at radius 1 is 1.00 bits per heavy atom. The molecule has 5 rings (SSSR count). The van der Waals surface area contributed by atoms with Crippen molar-refractivity contribution in [3.63, 3.8) is 0 Å².